The van der Waals surface area contributed by atoms with E-state index in [9.17, 15) is 20.2 Å². The standard InChI is InChI=1S/C22H24N6O5S/c29-27(30)19-13-18(14-20(15-19)28(31)32)21-23-24-22(33-21)34-12-4-7-25-8-10-26(11-9-25)16-17-5-2-1-3-6-17/h1-3,5-6,13-15H,4,7-12,16H2. The Labute approximate surface area is 200 Å². The molecule has 0 aliphatic carbocycles. The molecule has 2 aromatic carbocycles. The second kappa shape index (κ2) is 11.2. The summed E-state index contributed by atoms with van der Waals surface area (Å²) in [5.41, 5.74) is 0.681. The summed E-state index contributed by atoms with van der Waals surface area (Å²) < 4.78 is 5.58. The second-order valence-electron chi connectivity index (χ2n) is 7.93. The number of aromatic nitrogens is 2. The van der Waals surface area contributed by atoms with Crippen LogP contribution in [0.15, 0.2) is 58.2 Å². The number of hydrogen-bond donors (Lipinski definition) is 0. The van der Waals surface area contributed by atoms with Gasteiger partial charge >= 0.3 is 0 Å². The summed E-state index contributed by atoms with van der Waals surface area (Å²) in [7, 11) is 0. The molecule has 2 heterocycles. The summed E-state index contributed by atoms with van der Waals surface area (Å²) >= 11 is 1.40. The fraction of sp³-hybridized carbons (Fsp3) is 0.364. The molecule has 1 saturated heterocycles. The van der Waals surface area contributed by atoms with Gasteiger partial charge in [-0.05, 0) is 18.5 Å². The van der Waals surface area contributed by atoms with Gasteiger partial charge in [0.1, 0.15) is 0 Å². The molecule has 1 aliphatic heterocycles. The largest absolute Gasteiger partial charge is 0.411 e. The second-order valence-corrected chi connectivity index (χ2v) is 8.98. The average Bonchev–Trinajstić information content (AvgIpc) is 3.32. The van der Waals surface area contributed by atoms with Gasteiger partial charge in [0.25, 0.3) is 16.6 Å². The zero-order chi connectivity index (χ0) is 23.9. The van der Waals surface area contributed by atoms with Crippen molar-refractivity contribution in [1.29, 1.82) is 0 Å². The molecule has 0 atom stereocenters. The highest BCUT2D eigenvalue weighted by Gasteiger charge is 2.21. The van der Waals surface area contributed by atoms with Crippen molar-refractivity contribution in [3.8, 4) is 11.5 Å². The number of hydrogen-bond acceptors (Lipinski definition) is 10. The Morgan fingerprint density at radius 1 is 0.912 bits per heavy atom. The van der Waals surface area contributed by atoms with E-state index in [1.165, 1.54) is 29.5 Å². The molecule has 4 rings (SSSR count). The lowest BCUT2D eigenvalue weighted by Crippen LogP contribution is -2.46. The van der Waals surface area contributed by atoms with E-state index in [0.717, 1.165) is 57.5 Å². The Morgan fingerprint density at radius 2 is 1.56 bits per heavy atom. The minimum absolute atomic E-state index is 0.0174. The first-order chi connectivity index (χ1) is 16.5. The third-order valence-electron chi connectivity index (χ3n) is 5.54. The Morgan fingerprint density at radius 3 is 2.21 bits per heavy atom. The van der Waals surface area contributed by atoms with Crippen LogP contribution in [0.25, 0.3) is 11.5 Å². The first-order valence-corrected chi connectivity index (χ1v) is 11.9. The number of rotatable bonds is 10. The smallest absolute Gasteiger partial charge is 0.277 e. The van der Waals surface area contributed by atoms with Gasteiger partial charge in [-0.1, -0.05) is 42.1 Å². The molecule has 0 N–H and O–H groups in total. The van der Waals surface area contributed by atoms with E-state index in [1.54, 1.807) is 0 Å². The van der Waals surface area contributed by atoms with Gasteiger partial charge in [0.15, 0.2) is 0 Å². The predicted octanol–water partition coefficient (Wildman–Crippen LogP) is 3.85. The molecule has 12 heteroatoms. The quantitative estimate of drug-likeness (QED) is 0.181. The summed E-state index contributed by atoms with van der Waals surface area (Å²) in [5, 5.41) is 30.3. The van der Waals surface area contributed by atoms with Gasteiger partial charge in [0, 0.05) is 50.6 Å². The molecule has 0 spiro atoms. The number of nitrogens with zero attached hydrogens (tertiary/aromatic N) is 6. The maximum Gasteiger partial charge on any atom is 0.277 e. The first-order valence-electron chi connectivity index (χ1n) is 10.9. The molecule has 0 amide bonds. The van der Waals surface area contributed by atoms with E-state index in [2.05, 4.69) is 44.3 Å². The zero-order valence-corrected chi connectivity index (χ0v) is 19.2. The lowest BCUT2D eigenvalue weighted by molar-refractivity contribution is -0.394. The Balaban J connectivity index is 1.22. The third kappa shape index (κ3) is 6.37. The summed E-state index contributed by atoms with van der Waals surface area (Å²) in [6.45, 7) is 6.12. The summed E-state index contributed by atoms with van der Waals surface area (Å²) in [6.07, 6.45) is 0.948. The van der Waals surface area contributed by atoms with Gasteiger partial charge in [-0.25, -0.2) is 0 Å². The van der Waals surface area contributed by atoms with Gasteiger partial charge in [-0.15, -0.1) is 10.2 Å². The number of nitro benzene ring substituents is 2. The van der Waals surface area contributed by atoms with E-state index in [4.69, 9.17) is 4.42 Å². The highest BCUT2D eigenvalue weighted by atomic mass is 32.2. The van der Waals surface area contributed by atoms with Crippen molar-refractivity contribution in [2.75, 3.05) is 38.5 Å². The maximum atomic E-state index is 11.1. The molecule has 3 aromatic rings. The Bertz CT molecular complexity index is 1100. The minimum Gasteiger partial charge on any atom is -0.411 e. The molecular weight excluding hydrogens is 460 g/mol. The van der Waals surface area contributed by atoms with E-state index < -0.39 is 21.2 Å². The van der Waals surface area contributed by atoms with Crippen LogP contribution in [0.1, 0.15) is 12.0 Å². The van der Waals surface area contributed by atoms with Crippen molar-refractivity contribution in [3.05, 3.63) is 74.3 Å². The monoisotopic (exact) mass is 484 g/mol. The molecule has 34 heavy (non-hydrogen) atoms. The SMILES string of the molecule is O=[N+]([O-])c1cc(-c2nnc(SCCCN3CCN(Cc4ccccc4)CC3)o2)cc([N+](=O)[O-])c1. The van der Waals surface area contributed by atoms with Crippen molar-refractivity contribution in [2.45, 2.75) is 18.2 Å². The van der Waals surface area contributed by atoms with Crippen molar-refractivity contribution >= 4 is 23.1 Å². The van der Waals surface area contributed by atoms with Crippen LogP contribution in [0.3, 0.4) is 0 Å². The zero-order valence-electron chi connectivity index (χ0n) is 18.4. The van der Waals surface area contributed by atoms with E-state index in [0.29, 0.717) is 5.22 Å². The van der Waals surface area contributed by atoms with Gasteiger partial charge in [0.05, 0.1) is 21.5 Å². The normalized spacial score (nSPS) is 14.8. The molecule has 0 bridgehead atoms. The third-order valence-corrected chi connectivity index (χ3v) is 6.44. The fourth-order valence-electron chi connectivity index (χ4n) is 3.77. The van der Waals surface area contributed by atoms with Crippen molar-refractivity contribution in [2.24, 2.45) is 0 Å². The molecule has 0 saturated carbocycles. The lowest BCUT2D eigenvalue weighted by Gasteiger charge is -2.34. The molecule has 1 aromatic heterocycles. The molecule has 178 valence electrons. The van der Waals surface area contributed by atoms with E-state index in [1.807, 2.05) is 6.07 Å². The van der Waals surface area contributed by atoms with E-state index >= 15 is 0 Å². The highest BCUT2D eigenvalue weighted by Crippen LogP contribution is 2.30. The summed E-state index contributed by atoms with van der Waals surface area (Å²) in [5.74, 6) is 0.796. The summed E-state index contributed by atoms with van der Waals surface area (Å²) in [4.78, 5) is 25.7. The van der Waals surface area contributed by atoms with Crippen LogP contribution in [0, 0.1) is 20.2 Å². The van der Waals surface area contributed by atoms with Crippen molar-refractivity contribution in [3.63, 3.8) is 0 Å². The van der Waals surface area contributed by atoms with Crippen LogP contribution in [0.5, 0.6) is 0 Å². The molecule has 1 fully saturated rings. The predicted molar refractivity (Wildman–Crippen MR) is 127 cm³/mol. The van der Waals surface area contributed by atoms with Crippen LogP contribution in [-0.4, -0.2) is 68.3 Å². The lowest BCUT2D eigenvalue weighted by atomic mass is 10.2. The van der Waals surface area contributed by atoms with Gasteiger partial charge in [-0.2, -0.15) is 0 Å². The van der Waals surface area contributed by atoms with Crippen molar-refractivity contribution in [1.82, 2.24) is 20.0 Å². The number of non-ortho nitro benzene ring substituents is 2. The van der Waals surface area contributed by atoms with Crippen LogP contribution >= 0.6 is 11.8 Å². The fourth-order valence-corrected chi connectivity index (χ4v) is 4.46. The Kier molecular flexibility index (Phi) is 7.83. The number of thioether (sulfide) groups is 1. The summed E-state index contributed by atoms with van der Waals surface area (Å²) in [6, 6.07) is 13.8. The first kappa shape index (κ1) is 23.8. The molecule has 11 nitrogen and oxygen atoms in total. The molecule has 0 unspecified atom stereocenters. The van der Waals surface area contributed by atoms with Crippen molar-refractivity contribution < 1.29 is 14.3 Å². The van der Waals surface area contributed by atoms with E-state index in [-0.39, 0.29) is 11.5 Å². The minimum atomic E-state index is -0.690. The number of piperazine rings is 1. The topological polar surface area (TPSA) is 132 Å². The molecule has 1 aliphatic rings. The van der Waals surface area contributed by atoms with Gasteiger partial charge in [0.2, 0.25) is 5.89 Å². The van der Waals surface area contributed by atoms with Crippen LogP contribution in [0.2, 0.25) is 0 Å². The van der Waals surface area contributed by atoms with Gasteiger partial charge in [-0.3, -0.25) is 25.1 Å². The maximum absolute atomic E-state index is 11.1. The average molecular weight is 485 g/mol. The number of nitro groups is 2. The van der Waals surface area contributed by atoms with Crippen LogP contribution in [-0.2, 0) is 6.54 Å². The molecule has 0 radical (unpaired) electrons. The van der Waals surface area contributed by atoms with Gasteiger partial charge < -0.3 is 9.32 Å². The number of benzene rings is 2. The van der Waals surface area contributed by atoms with Crippen LogP contribution < -0.4 is 0 Å². The van der Waals surface area contributed by atoms with Crippen LogP contribution in [0.4, 0.5) is 11.4 Å². The molecular formula is C22H24N6O5S. The highest BCUT2D eigenvalue weighted by molar-refractivity contribution is 7.99. The Hall–Kier alpha value is -3.35.